The molecule has 0 saturated carbocycles. The third-order valence-electron chi connectivity index (χ3n) is 4.00. The topological polar surface area (TPSA) is 104 Å². The highest BCUT2D eigenvalue weighted by Gasteiger charge is 2.24. The van der Waals surface area contributed by atoms with Crippen molar-refractivity contribution in [2.45, 2.75) is 24.8 Å². The Hall–Kier alpha value is -2.85. The lowest BCUT2D eigenvalue weighted by Crippen LogP contribution is -2.46. The number of sulfonamides is 1. The summed E-state index contributed by atoms with van der Waals surface area (Å²) in [5.74, 6) is -2.59. The van der Waals surface area contributed by atoms with Gasteiger partial charge in [0.1, 0.15) is 16.5 Å². The summed E-state index contributed by atoms with van der Waals surface area (Å²) in [4.78, 5) is 23.4. The van der Waals surface area contributed by atoms with Crippen molar-refractivity contribution in [2.75, 3.05) is 13.1 Å². The van der Waals surface area contributed by atoms with E-state index in [4.69, 9.17) is 0 Å². The predicted octanol–water partition coefficient (Wildman–Crippen LogP) is 1.49. The van der Waals surface area contributed by atoms with E-state index in [9.17, 15) is 26.8 Å². The Morgan fingerprint density at radius 2 is 1.66 bits per heavy atom. The Labute approximate surface area is 167 Å². The number of carbonyl (C=O) groups excluding carboxylic acids is 2. The molecule has 0 aromatic heterocycles. The highest BCUT2D eigenvalue weighted by Crippen LogP contribution is 2.13. The highest BCUT2D eigenvalue weighted by molar-refractivity contribution is 7.89. The van der Waals surface area contributed by atoms with Crippen LogP contribution in [0.15, 0.2) is 47.4 Å². The molecule has 2 aromatic carbocycles. The van der Waals surface area contributed by atoms with Gasteiger partial charge in [0.25, 0.3) is 5.91 Å². The van der Waals surface area contributed by atoms with Crippen molar-refractivity contribution in [1.82, 2.24) is 15.4 Å². The van der Waals surface area contributed by atoms with E-state index in [1.807, 2.05) is 0 Å². The number of nitrogens with one attached hydrogen (secondary N) is 3. The maximum Gasteiger partial charge on any atom is 0.251 e. The van der Waals surface area contributed by atoms with E-state index in [0.717, 1.165) is 18.2 Å². The van der Waals surface area contributed by atoms with E-state index in [1.54, 1.807) is 6.92 Å². The fourth-order valence-corrected chi connectivity index (χ4v) is 3.65. The number of hydrogen-bond acceptors (Lipinski definition) is 4. The molecule has 0 heterocycles. The van der Waals surface area contributed by atoms with Gasteiger partial charge in [-0.05, 0) is 43.7 Å². The molecule has 3 N–H and O–H groups in total. The number of benzene rings is 2. The van der Waals surface area contributed by atoms with Crippen LogP contribution in [0.5, 0.6) is 0 Å². The third kappa shape index (κ3) is 6.06. The normalized spacial score (nSPS) is 12.3. The molecule has 0 aliphatic heterocycles. The Bertz CT molecular complexity index is 1010. The van der Waals surface area contributed by atoms with Crippen LogP contribution in [0.4, 0.5) is 8.78 Å². The lowest BCUT2D eigenvalue weighted by molar-refractivity contribution is -0.122. The molecule has 0 aliphatic carbocycles. The molecule has 0 unspecified atom stereocenters. The molecule has 10 heteroatoms. The van der Waals surface area contributed by atoms with Crippen LogP contribution in [0.1, 0.15) is 22.8 Å². The molecule has 2 aromatic rings. The van der Waals surface area contributed by atoms with Crippen molar-refractivity contribution in [1.29, 1.82) is 0 Å². The quantitative estimate of drug-likeness (QED) is 0.558. The van der Waals surface area contributed by atoms with Gasteiger partial charge in [0, 0.05) is 18.7 Å². The molecule has 1 atom stereocenters. The molecule has 2 amide bonds. The number of rotatable bonds is 8. The first-order valence-electron chi connectivity index (χ1n) is 8.70. The van der Waals surface area contributed by atoms with Gasteiger partial charge in [-0.1, -0.05) is 18.2 Å². The Kier molecular flexibility index (Phi) is 7.40. The van der Waals surface area contributed by atoms with Crippen molar-refractivity contribution in [2.24, 2.45) is 0 Å². The Balaban J connectivity index is 1.82. The zero-order valence-electron chi connectivity index (χ0n) is 15.8. The minimum atomic E-state index is -4.21. The second-order valence-corrected chi connectivity index (χ2v) is 7.97. The smallest absolute Gasteiger partial charge is 0.251 e. The first-order chi connectivity index (χ1) is 13.6. The minimum absolute atomic E-state index is 0.0185. The second kappa shape index (κ2) is 9.57. The van der Waals surface area contributed by atoms with Gasteiger partial charge >= 0.3 is 0 Å². The van der Waals surface area contributed by atoms with E-state index < -0.39 is 44.4 Å². The van der Waals surface area contributed by atoms with Crippen LogP contribution in [0, 0.1) is 18.6 Å². The number of carbonyl (C=O) groups is 2. The van der Waals surface area contributed by atoms with E-state index >= 15 is 0 Å². The molecule has 0 saturated heterocycles. The van der Waals surface area contributed by atoms with Gasteiger partial charge in [-0.3, -0.25) is 9.59 Å². The SMILES string of the molecule is Cc1ccc(C(=O)NCCNC(=O)[C@H](C)NS(=O)(=O)c2ccccc2F)cc1F. The Morgan fingerprint density at radius 3 is 2.31 bits per heavy atom. The predicted molar refractivity (Wildman–Crippen MR) is 103 cm³/mol. The zero-order valence-corrected chi connectivity index (χ0v) is 16.6. The van der Waals surface area contributed by atoms with Crippen LogP contribution in [-0.2, 0) is 14.8 Å². The largest absolute Gasteiger partial charge is 0.353 e. The third-order valence-corrected chi connectivity index (χ3v) is 5.57. The van der Waals surface area contributed by atoms with Gasteiger partial charge in [0.05, 0.1) is 6.04 Å². The fourth-order valence-electron chi connectivity index (χ4n) is 2.36. The summed E-state index contributed by atoms with van der Waals surface area (Å²) in [5.41, 5.74) is 0.561. The highest BCUT2D eigenvalue weighted by atomic mass is 32.2. The first kappa shape index (κ1) is 22.4. The molecule has 0 fully saturated rings. The van der Waals surface area contributed by atoms with Gasteiger partial charge in [-0.25, -0.2) is 17.2 Å². The summed E-state index contributed by atoms with van der Waals surface area (Å²) in [6.45, 7) is 2.95. The van der Waals surface area contributed by atoms with Crippen molar-refractivity contribution in [3.8, 4) is 0 Å². The molecule has 0 spiro atoms. The number of halogens is 2. The van der Waals surface area contributed by atoms with Crippen molar-refractivity contribution in [3.63, 3.8) is 0 Å². The number of amides is 2. The van der Waals surface area contributed by atoms with E-state index in [1.165, 1.54) is 31.2 Å². The standard InChI is InChI=1S/C19H21F2N3O4S/c1-12-7-8-14(11-16(12)21)19(26)23-10-9-22-18(25)13(2)24-29(27,28)17-6-4-3-5-15(17)20/h3-8,11,13,24H,9-10H2,1-2H3,(H,22,25)(H,23,26)/t13-/m0/s1. The molecule has 2 rings (SSSR count). The first-order valence-corrected chi connectivity index (χ1v) is 10.2. The van der Waals surface area contributed by atoms with E-state index in [2.05, 4.69) is 15.4 Å². The number of hydrogen-bond donors (Lipinski definition) is 3. The van der Waals surface area contributed by atoms with Gasteiger partial charge in [-0.15, -0.1) is 0 Å². The van der Waals surface area contributed by atoms with Crippen LogP contribution in [0.25, 0.3) is 0 Å². The minimum Gasteiger partial charge on any atom is -0.353 e. The maximum atomic E-state index is 13.7. The summed E-state index contributed by atoms with van der Waals surface area (Å²) in [7, 11) is -4.21. The molecule has 0 radical (unpaired) electrons. The average molecular weight is 425 g/mol. The zero-order chi connectivity index (χ0) is 21.6. The van der Waals surface area contributed by atoms with Crippen molar-refractivity contribution >= 4 is 21.8 Å². The summed E-state index contributed by atoms with van der Waals surface area (Å²) in [5, 5.41) is 4.96. The lowest BCUT2D eigenvalue weighted by atomic mass is 10.1. The van der Waals surface area contributed by atoms with Gasteiger partial charge < -0.3 is 10.6 Å². The summed E-state index contributed by atoms with van der Waals surface area (Å²) >= 11 is 0. The van der Waals surface area contributed by atoms with Gasteiger partial charge in [-0.2, -0.15) is 4.72 Å². The van der Waals surface area contributed by atoms with E-state index in [-0.39, 0.29) is 18.7 Å². The molecular formula is C19H21F2N3O4S. The summed E-state index contributed by atoms with van der Waals surface area (Å²) in [6.07, 6.45) is 0. The van der Waals surface area contributed by atoms with Crippen LogP contribution < -0.4 is 15.4 Å². The monoisotopic (exact) mass is 425 g/mol. The molecule has 0 bridgehead atoms. The Morgan fingerprint density at radius 1 is 1.00 bits per heavy atom. The summed E-state index contributed by atoms with van der Waals surface area (Å²) in [6, 6.07) is 7.72. The summed E-state index contributed by atoms with van der Waals surface area (Å²) < 4.78 is 53.6. The van der Waals surface area contributed by atoms with Crippen molar-refractivity contribution in [3.05, 3.63) is 65.2 Å². The maximum absolute atomic E-state index is 13.7. The fraction of sp³-hybridized carbons (Fsp3) is 0.263. The molecule has 7 nitrogen and oxygen atoms in total. The van der Waals surface area contributed by atoms with E-state index in [0.29, 0.717) is 5.56 Å². The number of aryl methyl sites for hydroxylation is 1. The van der Waals surface area contributed by atoms with Crippen LogP contribution in [0.2, 0.25) is 0 Å². The van der Waals surface area contributed by atoms with Gasteiger partial charge in [0.2, 0.25) is 15.9 Å². The second-order valence-electron chi connectivity index (χ2n) is 6.28. The van der Waals surface area contributed by atoms with Crippen LogP contribution in [0.3, 0.4) is 0 Å². The van der Waals surface area contributed by atoms with Gasteiger partial charge in [0.15, 0.2) is 0 Å². The van der Waals surface area contributed by atoms with Crippen molar-refractivity contribution < 1.29 is 26.8 Å². The molecule has 0 aliphatic rings. The van der Waals surface area contributed by atoms with Crippen LogP contribution in [-0.4, -0.2) is 39.4 Å². The molecular weight excluding hydrogens is 404 g/mol. The lowest BCUT2D eigenvalue weighted by Gasteiger charge is -2.15. The average Bonchev–Trinajstić information content (AvgIpc) is 2.66. The van der Waals surface area contributed by atoms with Crippen LogP contribution >= 0.6 is 0 Å². The molecule has 29 heavy (non-hydrogen) atoms. The molecule has 156 valence electrons.